The molecule has 21 heavy (non-hydrogen) atoms. The third kappa shape index (κ3) is 3.29. The summed E-state index contributed by atoms with van der Waals surface area (Å²) in [5.41, 5.74) is 0.337. The fourth-order valence-electron chi connectivity index (χ4n) is 1.74. The van der Waals surface area contributed by atoms with Crippen molar-refractivity contribution in [3.8, 4) is 11.5 Å². The highest BCUT2D eigenvalue weighted by Gasteiger charge is 2.19. The number of hydrogen-bond acceptors (Lipinski definition) is 4. The number of benzene rings is 2. The largest absolute Gasteiger partial charge is 0.478 e. The first-order valence-electron chi connectivity index (χ1n) is 5.84. The zero-order valence-corrected chi connectivity index (χ0v) is 11.6. The zero-order chi connectivity index (χ0) is 15.6. The minimum absolute atomic E-state index is 0.0264. The topological polar surface area (TPSA) is 89.7 Å². The molecule has 0 atom stereocenters. The van der Waals surface area contributed by atoms with Gasteiger partial charge in [-0.05, 0) is 31.2 Å². The number of carbonyl (C=O) groups is 1. The van der Waals surface area contributed by atoms with Crippen LogP contribution in [0.25, 0.3) is 0 Å². The van der Waals surface area contributed by atoms with E-state index < -0.39 is 10.9 Å². The molecule has 1 N–H and O–H groups in total. The summed E-state index contributed by atoms with van der Waals surface area (Å²) in [6.45, 7) is 1.74. The van der Waals surface area contributed by atoms with Crippen molar-refractivity contribution in [3.05, 3.63) is 62.7 Å². The molecule has 2 rings (SSSR count). The van der Waals surface area contributed by atoms with Crippen LogP contribution in [0.1, 0.15) is 15.9 Å². The fraction of sp³-hybridized carbons (Fsp3) is 0.0714. The Morgan fingerprint density at radius 1 is 1.24 bits per heavy atom. The molecule has 0 unspecified atom stereocenters. The fourth-order valence-corrected chi connectivity index (χ4v) is 1.90. The molecule has 0 aliphatic carbocycles. The monoisotopic (exact) mass is 307 g/mol. The van der Waals surface area contributed by atoms with Crippen LogP contribution in [0.3, 0.4) is 0 Å². The van der Waals surface area contributed by atoms with E-state index in [0.29, 0.717) is 0 Å². The highest BCUT2D eigenvalue weighted by Crippen LogP contribution is 2.35. The van der Waals surface area contributed by atoms with Crippen LogP contribution in [0.5, 0.6) is 11.5 Å². The molecule has 0 saturated heterocycles. The van der Waals surface area contributed by atoms with Gasteiger partial charge in [0.2, 0.25) is 5.75 Å². The van der Waals surface area contributed by atoms with E-state index in [1.807, 2.05) is 0 Å². The van der Waals surface area contributed by atoms with Crippen LogP contribution in [0.2, 0.25) is 5.02 Å². The highest BCUT2D eigenvalue weighted by atomic mass is 35.5. The van der Waals surface area contributed by atoms with Crippen LogP contribution in [0, 0.1) is 17.0 Å². The van der Waals surface area contributed by atoms with Gasteiger partial charge in [-0.3, -0.25) is 10.1 Å². The molecule has 0 amide bonds. The van der Waals surface area contributed by atoms with E-state index in [0.717, 1.165) is 11.6 Å². The normalized spacial score (nSPS) is 10.2. The Morgan fingerprint density at radius 3 is 2.52 bits per heavy atom. The molecular weight excluding hydrogens is 298 g/mol. The lowest BCUT2D eigenvalue weighted by Gasteiger charge is -2.10. The maximum atomic E-state index is 11.2. The number of aryl methyl sites for hydroxylation is 1. The van der Waals surface area contributed by atoms with Gasteiger partial charge in [0.25, 0.3) is 0 Å². The molecule has 6 nitrogen and oxygen atoms in total. The standard InChI is InChI=1S/C14H10ClNO5/c1-8-2-4-12(10(6-8)14(17)18)21-13-5-3-9(15)7-11(13)16(19)20/h2-7H,1H3,(H,17,18). The molecule has 0 heterocycles. The number of hydrogen-bond donors (Lipinski definition) is 1. The summed E-state index contributed by atoms with van der Waals surface area (Å²) in [6, 6.07) is 8.44. The van der Waals surface area contributed by atoms with Crippen molar-refractivity contribution in [3.63, 3.8) is 0 Å². The van der Waals surface area contributed by atoms with E-state index in [2.05, 4.69) is 0 Å². The van der Waals surface area contributed by atoms with Gasteiger partial charge < -0.3 is 9.84 Å². The molecule has 2 aromatic rings. The van der Waals surface area contributed by atoms with Gasteiger partial charge in [0.05, 0.1) is 4.92 Å². The Kier molecular flexibility index (Phi) is 4.09. The second-order valence-electron chi connectivity index (χ2n) is 4.28. The minimum Gasteiger partial charge on any atom is -0.478 e. The molecule has 0 radical (unpaired) electrons. The van der Waals surface area contributed by atoms with Crippen LogP contribution in [-0.4, -0.2) is 16.0 Å². The predicted octanol–water partition coefficient (Wildman–Crippen LogP) is 4.05. The number of ether oxygens (including phenoxy) is 1. The first-order valence-corrected chi connectivity index (χ1v) is 6.22. The number of halogens is 1. The number of carboxylic acid groups (broad SMARTS) is 1. The summed E-state index contributed by atoms with van der Waals surface area (Å²) >= 11 is 5.71. The predicted molar refractivity (Wildman–Crippen MR) is 76.3 cm³/mol. The summed E-state index contributed by atoms with van der Waals surface area (Å²) in [5.74, 6) is -1.22. The lowest BCUT2D eigenvalue weighted by Crippen LogP contribution is -2.01. The first kappa shape index (κ1) is 14.8. The number of nitro groups is 1. The van der Waals surface area contributed by atoms with Crippen molar-refractivity contribution in [2.75, 3.05) is 0 Å². The third-order valence-electron chi connectivity index (χ3n) is 2.70. The zero-order valence-electron chi connectivity index (χ0n) is 10.9. The van der Waals surface area contributed by atoms with Gasteiger partial charge in [-0.1, -0.05) is 23.2 Å². The number of carboxylic acids is 1. The molecule has 108 valence electrons. The van der Waals surface area contributed by atoms with Gasteiger partial charge >= 0.3 is 11.7 Å². The van der Waals surface area contributed by atoms with Gasteiger partial charge in [0.15, 0.2) is 0 Å². The molecular formula is C14H10ClNO5. The number of nitrogens with zero attached hydrogens (tertiary/aromatic N) is 1. The van der Waals surface area contributed by atoms with Crippen molar-refractivity contribution in [1.29, 1.82) is 0 Å². The second kappa shape index (κ2) is 5.80. The highest BCUT2D eigenvalue weighted by molar-refractivity contribution is 6.30. The molecule has 0 fully saturated rings. The average Bonchev–Trinajstić information content (AvgIpc) is 2.42. The van der Waals surface area contributed by atoms with Gasteiger partial charge in [-0.25, -0.2) is 4.79 Å². The SMILES string of the molecule is Cc1ccc(Oc2ccc(Cl)cc2[N+](=O)[O-])c(C(=O)O)c1. The maximum absolute atomic E-state index is 11.2. The Bertz CT molecular complexity index is 668. The summed E-state index contributed by atoms with van der Waals surface area (Å²) < 4.78 is 5.39. The summed E-state index contributed by atoms with van der Waals surface area (Å²) in [5, 5.41) is 20.3. The summed E-state index contributed by atoms with van der Waals surface area (Å²) in [4.78, 5) is 21.5. The molecule has 0 bridgehead atoms. The smallest absolute Gasteiger partial charge is 0.339 e. The van der Waals surface area contributed by atoms with E-state index >= 15 is 0 Å². The van der Waals surface area contributed by atoms with E-state index in [1.165, 1.54) is 24.3 Å². The minimum atomic E-state index is -1.18. The average molecular weight is 308 g/mol. The molecule has 2 aromatic carbocycles. The number of aromatic carboxylic acids is 1. The van der Waals surface area contributed by atoms with E-state index in [4.69, 9.17) is 21.4 Å². The first-order chi connectivity index (χ1) is 9.88. The lowest BCUT2D eigenvalue weighted by atomic mass is 10.1. The lowest BCUT2D eigenvalue weighted by molar-refractivity contribution is -0.385. The van der Waals surface area contributed by atoms with E-state index in [1.54, 1.807) is 13.0 Å². The van der Waals surface area contributed by atoms with Gasteiger partial charge in [-0.2, -0.15) is 0 Å². The van der Waals surface area contributed by atoms with Crippen LogP contribution in [0.4, 0.5) is 5.69 Å². The Hall–Kier alpha value is -2.60. The molecule has 0 spiro atoms. The molecule has 0 aromatic heterocycles. The third-order valence-corrected chi connectivity index (χ3v) is 2.94. The number of rotatable bonds is 4. The molecule has 0 aliphatic rings. The van der Waals surface area contributed by atoms with E-state index in [-0.39, 0.29) is 27.8 Å². The second-order valence-corrected chi connectivity index (χ2v) is 4.71. The Morgan fingerprint density at radius 2 is 1.90 bits per heavy atom. The van der Waals surface area contributed by atoms with Crippen LogP contribution in [0.15, 0.2) is 36.4 Å². The summed E-state index contributed by atoms with van der Waals surface area (Å²) in [7, 11) is 0. The Labute approximate surface area is 124 Å². The maximum Gasteiger partial charge on any atom is 0.339 e. The number of nitro benzene ring substituents is 1. The van der Waals surface area contributed by atoms with Crippen molar-refractivity contribution in [1.82, 2.24) is 0 Å². The van der Waals surface area contributed by atoms with Crippen molar-refractivity contribution in [2.24, 2.45) is 0 Å². The van der Waals surface area contributed by atoms with E-state index in [9.17, 15) is 14.9 Å². The van der Waals surface area contributed by atoms with Crippen LogP contribution >= 0.6 is 11.6 Å². The van der Waals surface area contributed by atoms with Gasteiger partial charge in [0, 0.05) is 11.1 Å². The van der Waals surface area contributed by atoms with Crippen molar-refractivity contribution in [2.45, 2.75) is 6.92 Å². The van der Waals surface area contributed by atoms with Crippen molar-refractivity contribution < 1.29 is 19.6 Å². The van der Waals surface area contributed by atoms with Gasteiger partial charge in [0.1, 0.15) is 11.3 Å². The quantitative estimate of drug-likeness (QED) is 0.680. The van der Waals surface area contributed by atoms with Gasteiger partial charge in [-0.15, -0.1) is 0 Å². The van der Waals surface area contributed by atoms with Crippen molar-refractivity contribution >= 4 is 23.3 Å². The molecule has 0 aliphatic heterocycles. The Balaban J connectivity index is 2.48. The van der Waals surface area contributed by atoms with Crippen LogP contribution in [-0.2, 0) is 0 Å². The summed E-state index contributed by atoms with van der Waals surface area (Å²) in [6.07, 6.45) is 0. The van der Waals surface area contributed by atoms with Crippen LogP contribution < -0.4 is 4.74 Å². The molecule has 7 heteroatoms. The molecule has 0 saturated carbocycles.